The summed E-state index contributed by atoms with van der Waals surface area (Å²) in [5, 5.41) is 5.99. The molecule has 0 heterocycles. The second-order valence-corrected chi connectivity index (χ2v) is 17.5. The second-order valence-electron chi connectivity index (χ2n) is 17.5. The lowest BCUT2D eigenvalue weighted by Crippen LogP contribution is -2.37. The summed E-state index contributed by atoms with van der Waals surface area (Å²) in [6, 6.07) is 0. The molecule has 0 atom stereocenters. The first kappa shape index (κ1) is 57.5. The summed E-state index contributed by atoms with van der Waals surface area (Å²) >= 11 is 0. The monoisotopic (exact) mass is 878 g/mol. The van der Waals surface area contributed by atoms with Crippen LogP contribution in [0, 0.1) is 0 Å². The normalized spacial score (nSPS) is 11.6. The molecule has 2 N–H and O–H groups in total. The number of anilines is 2. The second kappa shape index (κ2) is 42.5. The van der Waals surface area contributed by atoms with Crippen LogP contribution in [0.25, 0.3) is 0 Å². The third kappa shape index (κ3) is 32.2. The Balaban J connectivity index is 2.35. The molecule has 1 aromatic rings. The van der Waals surface area contributed by atoms with Crippen LogP contribution in [0.5, 0.6) is 0 Å². The lowest BCUT2D eigenvalue weighted by Gasteiger charge is -2.23. The van der Waals surface area contributed by atoms with Gasteiger partial charge in [0.05, 0.1) is 19.6 Å². The quantitative estimate of drug-likeness (QED) is 0.0280. The van der Waals surface area contributed by atoms with Crippen LogP contribution in [0.15, 0.2) is 9.59 Å². The Hall–Kier alpha value is -2.50. The molecule has 0 fully saturated rings. The van der Waals surface area contributed by atoms with Crippen molar-refractivity contribution in [1.82, 2.24) is 4.90 Å². The number of carbonyl (C=O) groups excluding carboxylic acids is 2. The highest BCUT2D eigenvalue weighted by atomic mass is 16.7. The lowest BCUT2D eigenvalue weighted by molar-refractivity contribution is -0.159. The highest BCUT2D eigenvalue weighted by Crippen LogP contribution is 2.15. The van der Waals surface area contributed by atoms with E-state index in [0.29, 0.717) is 63.6 Å². The number of unbranched alkanes of at least 4 members (excludes halogenated alkanes) is 23. The predicted octanol–water partition coefficient (Wildman–Crippen LogP) is 12.0. The minimum Gasteiger partial charge on any atom is -0.466 e. The fourth-order valence-electron chi connectivity index (χ4n) is 7.80. The van der Waals surface area contributed by atoms with Crippen LogP contribution >= 0.6 is 0 Å². The Morgan fingerprint density at radius 3 is 1.34 bits per heavy atom. The first-order valence-corrected chi connectivity index (χ1v) is 25.9. The predicted molar refractivity (Wildman–Crippen MR) is 258 cm³/mol. The molecule has 0 unspecified atom stereocenters. The van der Waals surface area contributed by atoms with Crippen LogP contribution in [-0.4, -0.2) is 82.8 Å². The molecule has 0 bridgehead atoms. The van der Waals surface area contributed by atoms with E-state index in [2.05, 4.69) is 36.3 Å². The Bertz CT molecular complexity index is 1230. The molecule has 1 aromatic carbocycles. The molecule has 0 aliphatic heterocycles. The molecule has 0 amide bonds. The molecule has 11 heteroatoms. The molecule has 1 rings (SSSR count). The fraction of sp³-hybridized carbons (Fsp3) is 0.882. The van der Waals surface area contributed by atoms with Crippen molar-refractivity contribution in [3.05, 3.63) is 20.4 Å². The molecule has 0 saturated carbocycles. The van der Waals surface area contributed by atoms with Crippen molar-refractivity contribution in [3.8, 4) is 0 Å². The molecule has 0 aliphatic carbocycles. The highest BCUT2D eigenvalue weighted by molar-refractivity contribution is 5.73. The molecular formula is C51H95N3O8. The zero-order valence-electron chi connectivity index (χ0n) is 40.6. The fourth-order valence-corrected chi connectivity index (χ4v) is 7.80. The van der Waals surface area contributed by atoms with Gasteiger partial charge >= 0.3 is 11.9 Å². The summed E-state index contributed by atoms with van der Waals surface area (Å²) in [6.07, 6.45) is 34.2. The molecule has 362 valence electrons. The van der Waals surface area contributed by atoms with E-state index in [1.807, 2.05) is 0 Å². The van der Waals surface area contributed by atoms with E-state index in [4.69, 9.17) is 18.9 Å². The number of carbonyl (C=O) groups is 2. The molecule has 0 radical (unpaired) electrons. The van der Waals surface area contributed by atoms with E-state index in [0.717, 1.165) is 110 Å². The van der Waals surface area contributed by atoms with Crippen molar-refractivity contribution in [2.24, 2.45) is 0 Å². The summed E-state index contributed by atoms with van der Waals surface area (Å²) in [5.41, 5.74) is -0.111. The number of esters is 2. The van der Waals surface area contributed by atoms with E-state index in [1.54, 1.807) is 7.05 Å². The van der Waals surface area contributed by atoms with Gasteiger partial charge in [-0.3, -0.25) is 19.2 Å². The van der Waals surface area contributed by atoms with Crippen molar-refractivity contribution >= 4 is 23.3 Å². The first-order valence-electron chi connectivity index (χ1n) is 25.9. The van der Waals surface area contributed by atoms with Crippen LogP contribution in [0.4, 0.5) is 11.4 Å². The Labute approximate surface area is 379 Å². The third-order valence-corrected chi connectivity index (χ3v) is 11.8. The van der Waals surface area contributed by atoms with Gasteiger partial charge in [0.15, 0.2) is 6.29 Å². The minimum atomic E-state index is -0.451. The number of rotatable bonds is 48. The summed E-state index contributed by atoms with van der Waals surface area (Å²) in [5.74, 6) is -0.234. The van der Waals surface area contributed by atoms with Gasteiger partial charge in [0.1, 0.15) is 11.4 Å². The number of nitrogens with zero attached hydrogens (tertiary/aromatic N) is 1. The van der Waals surface area contributed by atoms with Crippen LogP contribution in [0.2, 0.25) is 0 Å². The third-order valence-electron chi connectivity index (χ3n) is 11.8. The van der Waals surface area contributed by atoms with E-state index in [9.17, 15) is 19.2 Å². The number of hydrogen-bond donors (Lipinski definition) is 2. The van der Waals surface area contributed by atoms with Crippen molar-refractivity contribution in [2.75, 3.05) is 70.3 Å². The lowest BCUT2D eigenvalue weighted by atomic mass is 10.1. The van der Waals surface area contributed by atoms with Gasteiger partial charge in [0.2, 0.25) is 0 Å². The maximum atomic E-state index is 12.6. The molecular weight excluding hydrogens is 783 g/mol. The van der Waals surface area contributed by atoms with Crippen LogP contribution < -0.4 is 21.5 Å². The minimum absolute atomic E-state index is 0.0588. The highest BCUT2D eigenvalue weighted by Gasteiger charge is 2.19. The largest absolute Gasteiger partial charge is 0.466 e. The summed E-state index contributed by atoms with van der Waals surface area (Å²) in [4.78, 5) is 51.0. The van der Waals surface area contributed by atoms with E-state index >= 15 is 0 Å². The standard InChI is InChI=1S/C51H95N3O8/c1-5-8-11-14-17-24-29-41-59-45(55)34-26-19-18-20-27-38-54(40-33-37-53-49-48(52-4)50(57)51(49)58)39-28-21-25-30-42-60-46(56)35-36-47(61-43-31-22-15-12-9-6-2)62-44-32-23-16-13-10-7-3/h47,52-53H,5-44H2,1-4H3. The maximum Gasteiger partial charge on any atom is 0.305 e. The maximum absolute atomic E-state index is 12.6. The number of hydrogen-bond acceptors (Lipinski definition) is 11. The Kier molecular flexibility index (Phi) is 39.4. The topological polar surface area (TPSA) is 132 Å². The van der Waals surface area contributed by atoms with Crippen molar-refractivity contribution in [1.29, 1.82) is 0 Å². The molecule has 0 saturated heterocycles. The first-order chi connectivity index (χ1) is 30.4. The average Bonchev–Trinajstić information content (AvgIpc) is 3.27. The van der Waals surface area contributed by atoms with Crippen LogP contribution in [-0.2, 0) is 28.5 Å². The van der Waals surface area contributed by atoms with Gasteiger partial charge in [-0.1, -0.05) is 156 Å². The summed E-state index contributed by atoms with van der Waals surface area (Å²) < 4.78 is 23.2. The number of ether oxygens (including phenoxy) is 4. The van der Waals surface area contributed by atoms with Gasteiger partial charge in [0.25, 0.3) is 10.9 Å². The Morgan fingerprint density at radius 1 is 0.468 bits per heavy atom. The van der Waals surface area contributed by atoms with Crippen molar-refractivity contribution in [3.63, 3.8) is 0 Å². The van der Waals surface area contributed by atoms with Crippen LogP contribution in [0.3, 0.4) is 0 Å². The van der Waals surface area contributed by atoms with Gasteiger partial charge in [0, 0.05) is 39.6 Å². The van der Waals surface area contributed by atoms with Crippen molar-refractivity contribution < 1.29 is 28.5 Å². The summed E-state index contributed by atoms with van der Waals surface area (Å²) in [7, 11) is 1.66. The van der Waals surface area contributed by atoms with Gasteiger partial charge < -0.3 is 34.5 Å². The van der Waals surface area contributed by atoms with Gasteiger partial charge in [-0.15, -0.1) is 0 Å². The van der Waals surface area contributed by atoms with Gasteiger partial charge in [-0.2, -0.15) is 0 Å². The SMILES string of the molecule is CCCCCCCCCOC(=O)CCCCCCCN(CCCCCCOC(=O)CCC(OCCCCCCCC)OCCCCCCCC)CCCNc1c(NC)c(=O)c1=O. The molecule has 0 spiro atoms. The van der Waals surface area contributed by atoms with E-state index < -0.39 is 10.9 Å². The molecule has 0 aromatic heterocycles. The van der Waals surface area contributed by atoms with Crippen LogP contribution in [0.1, 0.15) is 226 Å². The molecule has 62 heavy (non-hydrogen) atoms. The molecule has 0 aliphatic rings. The zero-order valence-corrected chi connectivity index (χ0v) is 40.6. The smallest absolute Gasteiger partial charge is 0.305 e. The average molecular weight is 878 g/mol. The van der Waals surface area contributed by atoms with Crippen molar-refractivity contribution in [2.45, 2.75) is 233 Å². The summed E-state index contributed by atoms with van der Waals surface area (Å²) in [6.45, 7) is 12.6. The Morgan fingerprint density at radius 2 is 0.855 bits per heavy atom. The van der Waals surface area contributed by atoms with Gasteiger partial charge in [-0.25, -0.2) is 0 Å². The van der Waals surface area contributed by atoms with E-state index in [-0.39, 0.29) is 18.2 Å². The number of nitrogens with one attached hydrogen (secondary N) is 2. The zero-order chi connectivity index (χ0) is 45.1. The molecule has 11 nitrogen and oxygen atoms in total. The van der Waals surface area contributed by atoms with E-state index in [1.165, 1.54) is 96.3 Å². The van der Waals surface area contributed by atoms with Gasteiger partial charge in [-0.05, 0) is 71.0 Å².